The monoisotopic (exact) mass is 280 g/mol. The average Bonchev–Trinajstić information content (AvgIpc) is 2.48. The van der Waals surface area contributed by atoms with E-state index in [9.17, 15) is 4.39 Å². The number of hydrogen-bond acceptors (Lipinski definition) is 3. The van der Waals surface area contributed by atoms with Crippen molar-refractivity contribution >= 4 is 0 Å². The highest BCUT2D eigenvalue weighted by Crippen LogP contribution is 2.20. The molecule has 1 aliphatic rings. The zero-order valence-corrected chi connectivity index (χ0v) is 12.4. The zero-order valence-electron chi connectivity index (χ0n) is 12.4. The number of ether oxygens (including phenoxy) is 1. The number of likely N-dealkylation sites (N-methyl/N-ethyl adjacent to an activating group) is 1. The summed E-state index contributed by atoms with van der Waals surface area (Å²) in [5.41, 5.74) is 0.767. The number of nitrogens with one attached hydrogen (secondary N) is 1. The summed E-state index contributed by atoms with van der Waals surface area (Å²) < 4.78 is 19.3. The summed E-state index contributed by atoms with van der Waals surface area (Å²) >= 11 is 0. The van der Waals surface area contributed by atoms with Crippen molar-refractivity contribution in [3.05, 3.63) is 35.6 Å². The molecule has 1 N–H and O–H groups in total. The van der Waals surface area contributed by atoms with Gasteiger partial charge >= 0.3 is 0 Å². The van der Waals surface area contributed by atoms with Crippen LogP contribution in [0.1, 0.15) is 31.4 Å². The minimum absolute atomic E-state index is 0.0558. The van der Waals surface area contributed by atoms with Gasteiger partial charge < -0.3 is 15.0 Å². The molecule has 4 heteroatoms. The highest BCUT2D eigenvalue weighted by Gasteiger charge is 2.23. The normalized spacial score (nSPS) is 19.1. The predicted octanol–water partition coefficient (Wildman–Crippen LogP) is 2.59. The molecule has 1 fully saturated rings. The number of halogens is 1. The first-order chi connectivity index (χ1) is 9.74. The molecule has 0 radical (unpaired) electrons. The molecule has 0 aromatic heterocycles. The van der Waals surface area contributed by atoms with E-state index in [4.69, 9.17) is 4.74 Å². The molecular formula is C16H25FN2O. The molecule has 1 heterocycles. The highest BCUT2D eigenvalue weighted by molar-refractivity contribution is 5.21. The molecule has 1 unspecified atom stereocenters. The molecule has 2 rings (SSSR count). The third-order valence-electron chi connectivity index (χ3n) is 4.04. The van der Waals surface area contributed by atoms with Crippen LogP contribution in [0, 0.1) is 5.82 Å². The summed E-state index contributed by atoms with van der Waals surface area (Å²) in [6, 6.07) is 7.12. The topological polar surface area (TPSA) is 24.5 Å². The van der Waals surface area contributed by atoms with Crippen molar-refractivity contribution < 1.29 is 9.13 Å². The SMILES string of the molecule is CCNC(CN1CCC(OC)CC1)c1ccccc1F. The number of benzene rings is 1. The number of hydrogen-bond donors (Lipinski definition) is 1. The van der Waals surface area contributed by atoms with Crippen LogP contribution in [0.3, 0.4) is 0 Å². The average molecular weight is 280 g/mol. The summed E-state index contributed by atoms with van der Waals surface area (Å²) in [5, 5.41) is 3.40. The Morgan fingerprint density at radius 3 is 2.65 bits per heavy atom. The molecule has 1 aromatic carbocycles. The van der Waals surface area contributed by atoms with E-state index in [1.54, 1.807) is 13.2 Å². The highest BCUT2D eigenvalue weighted by atomic mass is 19.1. The molecule has 1 aromatic rings. The Balaban J connectivity index is 1.98. The Hall–Kier alpha value is -0.970. The lowest BCUT2D eigenvalue weighted by Gasteiger charge is -2.34. The number of methoxy groups -OCH3 is 1. The lowest BCUT2D eigenvalue weighted by atomic mass is 10.0. The van der Waals surface area contributed by atoms with Crippen molar-refractivity contribution in [1.82, 2.24) is 10.2 Å². The zero-order chi connectivity index (χ0) is 14.4. The molecule has 1 atom stereocenters. The summed E-state index contributed by atoms with van der Waals surface area (Å²) in [6.45, 7) is 5.80. The summed E-state index contributed by atoms with van der Waals surface area (Å²) in [7, 11) is 1.78. The Bertz CT molecular complexity index is 405. The van der Waals surface area contributed by atoms with Gasteiger partial charge in [0.1, 0.15) is 5.82 Å². The number of rotatable bonds is 6. The maximum Gasteiger partial charge on any atom is 0.128 e. The van der Waals surface area contributed by atoms with Crippen LogP contribution >= 0.6 is 0 Å². The molecule has 1 saturated heterocycles. The minimum atomic E-state index is -0.120. The maximum absolute atomic E-state index is 14.0. The van der Waals surface area contributed by atoms with Gasteiger partial charge in [-0.3, -0.25) is 0 Å². The molecular weight excluding hydrogens is 255 g/mol. The second-order valence-electron chi connectivity index (χ2n) is 5.37. The third kappa shape index (κ3) is 4.01. The number of nitrogens with zero attached hydrogens (tertiary/aromatic N) is 1. The van der Waals surface area contributed by atoms with Crippen LogP contribution < -0.4 is 5.32 Å². The van der Waals surface area contributed by atoms with Gasteiger partial charge in [-0.2, -0.15) is 0 Å². The lowest BCUT2D eigenvalue weighted by Crippen LogP contribution is -2.41. The quantitative estimate of drug-likeness (QED) is 0.867. The molecule has 0 aliphatic carbocycles. The standard InChI is InChI=1S/C16H25FN2O/c1-3-18-16(14-6-4-5-7-15(14)17)12-19-10-8-13(20-2)9-11-19/h4-7,13,16,18H,3,8-12H2,1-2H3. The third-order valence-corrected chi connectivity index (χ3v) is 4.04. The Kier molecular flexibility index (Phi) is 5.95. The molecule has 1 aliphatic heterocycles. The second-order valence-corrected chi connectivity index (χ2v) is 5.37. The van der Waals surface area contributed by atoms with Crippen LogP contribution in [-0.4, -0.2) is 44.3 Å². The second kappa shape index (κ2) is 7.72. The van der Waals surface area contributed by atoms with E-state index in [1.807, 2.05) is 12.1 Å². The Morgan fingerprint density at radius 1 is 1.35 bits per heavy atom. The van der Waals surface area contributed by atoms with Gasteiger partial charge in [0.15, 0.2) is 0 Å². The smallest absolute Gasteiger partial charge is 0.128 e. The van der Waals surface area contributed by atoms with Gasteiger partial charge in [-0.1, -0.05) is 25.1 Å². The van der Waals surface area contributed by atoms with Crippen molar-refractivity contribution in [2.24, 2.45) is 0 Å². The van der Waals surface area contributed by atoms with Gasteiger partial charge in [0.2, 0.25) is 0 Å². The number of piperidine rings is 1. The summed E-state index contributed by atoms with van der Waals surface area (Å²) in [4.78, 5) is 2.40. The molecule has 0 saturated carbocycles. The van der Waals surface area contributed by atoms with E-state index in [0.717, 1.165) is 44.6 Å². The molecule has 3 nitrogen and oxygen atoms in total. The molecule has 0 amide bonds. The van der Waals surface area contributed by atoms with Crippen LogP contribution in [0.4, 0.5) is 4.39 Å². The van der Waals surface area contributed by atoms with Gasteiger partial charge in [0, 0.05) is 38.3 Å². The Morgan fingerprint density at radius 2 is 2.05 bits per heavy atom. The fourth-order valence-corrected chi connectivity index (χ4v) is 2.86. The molecule has 20 heavy (non-hydrogen) atoms. The van der Waals surface area contributed by atoms with E-state index in [-0.39, 0.29) is 11.9 Å². The first-order valence-corrected chi connectivity index (χ1v) is 7.47. The van der Waals surface area contributed by atoms with Crippen molar-refractivity contribution in [1.29, 1.82) is 0 Å². The summed E-state index contributed by atoms with van der Waals surface area (Å²) in [6.07, 6.45) is 2.51. The van der Waals surface area contributed by atoms with Crippen LogP contribution in [0.5, 0.6) is 0 Å². The fourth-order valence-electron chi connectivity index (χ4n) is 2.86. The fraction of sp³-hybridized carbons (Fsp3) is 0.625. The van der Waals surface area contributed by atoms with E-state index >= 15 is 0 Å². The summed E-state index contributed by atoms with van der Waals surface area (Å²) in [5.74, 6) is -0.120. The van der Waals surface area contributed by atoms with Crippen LogP contribution in [-0.2, 0) is 4.74 Å². The minimum Gasteiger partial charge on any atom is -0.381 e. The van der Waals surface area contributed by atoms with Crippen molar-refractivity contribution in [3.8, 4) is 0 Å². The van der Waals surface area contributed by atoms with E-state index in [0.29, 0.717) is 6.10 Å². The van der Waals surface area contributed by atoms with Crippen LogP contribution in [0.25, 0.3) is 0 Å². The first-order valence-electron chi connectivity index (χ1n) is 7.47. The van der Waals surface area contributed by atoms with E-state index in [1.165, 1.54) is 6.07 Å². The van der Waals surface area contributed by atoms with Crippen molar-refractivity contribution in [2.75, 3.05) is 33.3 Å². The van der Waals surface area contributed by atoms with Gasteiger partial charge in [0.25, 0.3) is 0 Å². The molecule has 0 bridgehead atoms. The predicted molar refractivity (Wildman–Crippen MR) is 79.3 cm³/mol. The van der Waals surface area contributed by atoms with Gasteiger partial charge in [-0.25, -0.2) is 4.39 Å². The van der Waals surface area contributed by atoms with E-state index < -0.39 is 0 Å². The van der Waals surface area contributed by atoms with Crippen LogP contribution in [0.15, 0.2) is 24.3 Å². The lowest BCUT2D eigenvalue weighted by molar-refractivity contribution is 0.0383. The first kappa shape index (κ1) is 15.4. The van der Waals surface area contributed by atoms with Crippen molar-refractivity contribution in [3.63, 3.8) is 0 Å². The Labute approximate surface area is 121 Å². The molecule has 0 spiro atoms. The van der Waals surface area contributed by atoms with Gasteiger partial charge in [-0.05, 0) is 25.5 Å². The van der Waals surface area contributed by atoms with Crippen LogP contribution in [0.2, 0.25) is 0 Å². The van der Waals surface area contributed by atoms with Gasteiger partial charge in [-0.15, -0.1) is 0 Å². The van der Waals surface area contributed by atoms with Crippen molar-refractivity contribution in [2.45, 2.75) is 31.9 Å². The number of likely N-dealkylation sites (tertiary alicyclic amines) is 1. The largest absolute Gasteiger partial charge is 0.381 e. The van der Waals surface area contributed by atoms with E-state index in [2.05, 4.69) is 17.1 Å². The molecule has 112 valence electrons. The van der Waals surface area contributed by atoms with Gasteiger partial charge in [0.05, 0.1) is 6.10 Å². The maximum atomic E-state index is 14.0.